The molecule has 8 heavy (non-hydrogen) atoms. The molecule has 1 radical (unpaired) electrons. The molecule has 0 aliphatic rings. The van der Waals surface area contributed by atoms with E-state index in [0.717, 1.165) is 0 Å². The quantitative estimate of drug-likeness (QED) is 0.518. The molecular weight excluding hydrogens is 106 g/mol. The van der Waals surface area contributed by atoms with Crippen LogP contribution in [0.2, 0.25) is 0 Å². The highest BCUT2D eigenvalue weighted by molar-refractivity contribution is 4.69. The highest BCUT2D eigenvalue weighted by Gasteiger charge is 1.96. The van der Waals surface area contributed by atoms with Crippen LogP contribution in [0.15, 0.2) is 0 Å². The fourth-order valence-corrected chi connectivity index (χ4v) is 0.287. The number of ether oxygens (including phenoxy) is 2. The van der Waals surface area contributed by atoms with Gasteiger partial charge in [0.25, 0.3) is 0 Å². The fraction of sp³-hybridized carbons (Fsp3) is 0.800. The molecule has 0 saturated carbocycles. The van der Waals surface area contributed by atoms with Crippen LogP contribution in [0.5, 0.6) is 0 Å². The lowest BCUT2D eigenvalue weighted by atomic mass is 10.4. The van der Waals surface area contributed by atoms with Crippen molar-refractivity contribution in [3.8, 4) is 0 Å². The molecule has 0 amide bonds. The summed E-state index contributed by atoms with van der Waals surface area (Å²) in [5.74, 6) is 0. The molecule has 2 N–H and O–H groups in total. The van der Waals surface area contributed by atoms with Gasteiger partial charge in [-0.2, -0.15) is 0 Å². The molecule has 0 heterocycles. The summed E-state index contributed by atoms with van der Waals surface area (Å²) in [7, 11) is 3.16. The summed E-state index contributed by atoms with van der Waals surface area (Å²) in [5, 5.41) is 0. The van der Waals surface area contributed by atoms with Crippen LogP contribution < -0.4 is 5.73 Å². The number of hydrogen-bond acceptors (Lipinski definition) is 3. The molecule has 0 rings (SSSR count). The lowest BCUT2D eigenvalue weighted by Gasteiger charge is -2.05. The minimum atomic E-state index is -0.296. The summed E-state index contributed by atoms with van der Waals surface area (Å²) in [6.45, 7) is 0.537. The zero-order chi connectivity index (χ0) is 6.41. The largest absolute Gasteiger partial charge is 0.384 e. The maximum absolute atomic E-state index is 5.30. The van der Waals surface area contributed by atoms with Gasteiger partial charge in [0.15, 0.2) is 0 Å². The molecule has 0 aliphatic carbocycles. The van der Waals surface area contributed by atoms with E-state index in [4.69, 9.17) is 15.2 Å². The third kappa shape index (κ3) is 4.05. The predicted octanol–water partition coefficient (Wildman–Crippen LogP) is -0.232. The summed E-state index contributed by atoms with van der Waals surface area (Å²) < 4.78 is 9.39. The van der Waals surface area contributed by atoms with Crippen LogP contribution in [0.3, 0.4) is 0 Å². The zero-order valence-corrected chi connectivity index (χ0v) is 5.26. The molecule has 0 fully saturated rings. The molecule has 0 aromatic heterocycles. The molecule has 49 valence electrons. The van der Waals surface area contributed by atoms with Crippen molar-refractivity contribution >= 4 is 0 Å². The standard InChI is InChI=1S/C5H12NO2/c1-7-4-3-5(6)8-2/h3,5H,4,6H2,1-2H3. The first kappa shape index (κ1) is 7.88. The molecule has 1 unspecified atom stereocenters. The van der Waals surface area contributed by atoms with Gasteiger partial charge in [0.1, 0.15) is 6.23 Å². The molecule has 0 aromatic carbocycles. The third-order valence-electron chi connectivity index (χ3n) is 0.767. The van der Waals surface area contributed by atoms with E-state index in [0.29, 0.717) is 6.61 Å². The zero-order valence-electron chi connectivity index (χ0n) is 5.26. The van der Waals surface area contributed by atoms with Crippen molar-refractivity contribution in [3.63, 3.8) is 0 Å². The second kappa shape index (κ2) is 5.03. The summed E-state index contributed by atoms with van der Waals surface area (Å²) in [6, 6.07) is 0. The Morgan fingerprint density at radius 2 is 2.25 bits per heavy atom. The first-order valence-electron chi connectivity index (χ1n) is 2.42. The summed E-state index contributed by atoms with van der Waals surface area (Å²) in [5.41, 5.74) is 5.30. The second-order valence-corrected chi connectivity index (χ2v) is 1.39. The van der Waals surface area contributed by atoms with Crippen molar-refractivity contribution in [2.75, 3.05) is 20.8 Å². The molecule has 0 spiro atoms. The van der Waals surface area contributed by atoms with E-state index in [2.05, 4.69) is 0 Å². The average Bonchev–Trinajstić information content (AvgIpc) is 1.83. The van der Waals surface area contributed by atoms with Crippen molar-refractivity contribution in [1.29, 1.82) is 0 Å². The normalized spacial score (nSPS) is 13.9. The van der Waals surface area contributed by atoms with Gasteiger partial charge in [-0.25, -0.2) is 0 Å². The predicted molar refractivity (Wildman–Crippen MR) is 31.2 cm³/mol. The summed E-state index contributed by atoms with van der Waals surface area (Å²) in [4.78, 5) is 0. The fourth-order valence-electron chi connectivity index (χ4n) is 0.287. The maximum Gasteiger partial charge on any atom is 0.110 e. The Balaban J connectivity index is 2.86. The number of rotatable bonds is 4. The van der Waals surface area contributed by atoms with Crippen molar-refractivity contribution in [2.24, 2.45) is 5.73 Å². The lowest BCUT2D eigenvalue weighted by Crippen LogP contribution is -2.24. The van der Waals surface area contributed by atoms with Crippen molar-refractivity contribution < 1.29 is 9.47 Å². The highest BCUT2D eigenvalue weighted by atomic mass is 16.5. The Bertz CT molecular complexity index is 49.7. The first-order chi connectivity index (χ1) is 3.81. The van der Waals surface area contributed by atoms with E-state index in [1.165, 1.54) is 0 Å². The Hall–Kier alpha value is -0.120. The Labute approximate surface area is 49.8 Å². The van der Waals surface area contributed by atoms with E-state index >= 15 is 0 Å². The summed E-state index contributed by atoms with van der Waals surface area (Å²) >= 11 is 0. The SMILES string of the molecule is COC[CH]C(N)OC. The number of hydrogen-bond donors (Lipinski definition) is 1. The van der Waals surface area contributed by atoms with E-state index in [9.17, 15) is 0 Å². The van der Waals surface area contributed by atoms with Crippen LogP contribution in [0.4, 0.5) is 0 Å². The van der Waals surface area contributed by atoms with Gasteiger partial charge in [-0.3, -0.25) is 0 Å². The molecule has 0 aromatic rings. The van der Waals surface area contributed by atoms with Gasteiger partial charge in [-0.1, -0.05) is 0 Å². The average molecular weight is 118 g/mol. The van der Waals surface area contributed by atoms with Gasteiger partial charge in [0.05, 0.1) is 6.61 Å². The minimum absolute atomic E-state index is 0.296. The third-order valence-corrected chi connectivity index (χ3v) is 0.767. The van der Waals surface area contributed by atoms with Gasteiger partial charge in [0, 0.05) is 20.6 Å². The van der Waals surface area contributed by atoms with Crippen molar-refractivity contribution in [3.05, 3.63) is 6.42 Å². The van der Waals surface area contributed by atoms with Crippen molar-refractivity contribution in [1.82, 2.24) is 0 Å². The summed E-state index contributed by atoms with van der Waals surface area (Å²) in [6.07, 6.45) is 1.44. The van der Waals surface area contributed by atoms with Gasteiger partial charge in [0.2, 0.25) is 0 Å². The second-order valence-electron chi connectivity index (χ2n) is 1.39. The van der Waals surface area contributed by atoms with Gasteiger partial charge >= 0.3 is 0 Å². The van der Waals surface area contributed by atoms with Crippen LogP contribution >= 0.6 is 0 Å². The van der Waals surface area contributed by atoms with Crippen LogP contribution in [0, 0.1) is 6.42 Å². The molecule has 3 heteroatoms. The van der Waals surface area contributed by atoms with Gasteiger partial charge in [-0.05, 0) is 0 Å². The monoisotopic (exact) mass is 118 g/mol. The first-order valence-corrected chi connectivity index (χ1v) is 2.42. The van der Waals surface area contributed by atoms with E-state index in [1.54, 1.807) is 20.6 Å². The topological polar surface area (TPSA) is 44.5 Å². The Morgan fingerprint density at radius 1 is 1.62 bits per heavy atom. The van der Waals surface area contributed by atoms with E-state index < -0.39 is 0 Å². The number of nitrogens with two attached hydrogens (primary N) is 1. The molecule has 3 nitrogen and oxygen atoms in total. The van der Waals surface area contributed by atoms with Gasteiger partial charge in [-0.15, -0.1) is 0 Å². The Morgan fingerprint density at radius 3 is 2.62 bits per heavy atom. The van der Waals surface area contributed by atoms with Crippen LogP contribution in [0.1, 0.15) is 0 Å². The van der Waals surface area contributed by atoms with Crippen LogP contribution in [-0.2, 0) is 9.47 Å². The minimum Gasteiger partial charge on any atom is -0.384 e. The Kier molecular flexibility index (Phi) is 4.95. The van der Waals surface area contributed by atoms with Crippen molar-refractivity contribution in [2.45, 2.75) is 6.23 Å². The molecule has 1 atom stereocenters. The van der Waals surface area contributed by atoms with Gasteiger partial charge < -0.3 is 15.2 Å². The lowest BCUT2D eigenvalue weighted by molar-refractivity contribution is 0.111. The van der Waals surface area contributed by atoms with E-state index in [1.807, 2.05) is 0 Å². The molecular formula is C5H12NO2. The highest BCUT2D eigenvalue weighted by Crippen LogP contribution is 1.84. The van der Waals surface area contributed by atoms with E-state index in [-0.39, 0.29) is 6.23 Å². The molecule has 0 bridgehead atoms. The maximum atomic E-state index is 5.30. The van der Waals surface area contributed by atoms with Crippen LogP contribution in [-0.4, -0.2) is 27.1 Å². The molecule has 0 saturated heterocycles. The molecule has 0 aliphatic heterocycles. The van der Waals surface area contributed by atoms with Crippen LogP contribution in [0.25, 0.3) is 0 Å². The smallest absolute Gasteiger partial charge is 0.110 e. The number of methoxy groups -OCH3 is 2.